The van der Waals surface area contributed by atoms with Gasteiger partial charge in [-0.05, 0) is 43.4 Å². The van der Waals surface area contributed by atoms with Crippen molar-refractivity contribution in [1.82, 2.24) is 20.2 Å². The van der Waals surface area contributed by atoms with E-state index in [1.54, 1.807) is 0 Å². The molecule has 6 heteroatoms. The first-order chi connectivity index (χ1) is 14.2. The Kier molecular flexibility index (Phi) is 10.4. The van der Waals surface area contributed by atoms with Crippen LogP contribution >= 0.6 is 24.0 Å². The Morgan fingerprint density at radius 3 is 2.50 bits per heavy atom. The summed E-state index contributed by atoms with van der Waals surface area (Å²) in [6, 6.07) is 19.2. The van der Waals surface area contributed by atoms with Gasteiger partial charge in [0.15, 0.2) is 5.96 Å². The molecule has 0 amide bonds. The molecule has 1 aromatic heterocycles. The van der Waals surface area contributed by atoms with E-state index in [1.165, 1.54) is 16.7 Å². The second-order valence-corrected chi connectivity index (χ2v) is 7.13. The van der Waals surface area contributed by atoms with E-state index in [0.717, 1.165) is 44.3 Å². The molecular weight excluding hydrogens is 485 g/mol. The summed E-state index contributed by atoms with van der Waals surface area (Å²) in [5.41, 5.74) is 3.85. The van der Waals surface area contributed by atoms with E-state index < -0.39 is 0 Å². The number of rotatable bonds is 9. The smallest absolute Gasteiger partial charge is 0.191 e. The third kappa shape index (κ3) is 7.82. The predicted molar refractivity (Wildman–Crippen MR) is 136 cm³/mol. The monoisotopic (exact) mass is 517 g/mol. The van der Waals surface area contributed by atoms with E-state index in [0.29, 0.717) is 6.54 Å². The first-order valence-corrected chi connectivity index (χ1v) is 10.4. The highest BCUT2D eigenvalue weighted by Gasteiger charge is 2.02. The van der Waals surface area contributed by atoms with Gasteiger partial charge in [-0.25, -0.2) is 9.98 Å². The third-order valence-electron chi connectivity index (χ3n) is 4.81. The minimum atomic E-state index is 0. The maximum Gasteiger partial charge on any atom is 0.191 e. The standard InChI is InChI=1S/C24H31N5.HI/c1-3-25-24(27-14-8-13-21-9-5-4-6-10-21)28-18-22-11-7-12-23(17-22)19-29-16-15-26-20(29)2;/h4-7,9-12,15-17H,3,8,13-14,18-19H2,1-2H3,(H2,25,27,28);1H. The topological polar surface area (TPSA) is 54.2 Å². The molecule has 0 fully saturated rings. The minimum Gasteiger partial charge on any atom is -0.357 e. The van der Waals surface area contributed by atoms with Crippen LogP contribution in [0.2, 0.25) is 0 Å². The zero-order valence-corrected chi connectivity index (χ0v) is 20.2. The molecule has 0 aliphatic heterocycles. The summed E-state index contributed by atoms with van der Waals surface area (Å²) in [5.74, 6) is 1.90. The van der Waals surface area contributed by atoms with E-state index in [9.17, 15) is 0 Å². The molecule has 0 aliphatic rings. The second kappa shape index (κ2) is 13.1. The third-order valence-corrected chi connectivity index (χ3v) is 4.81. The maximum absolute atomic E-state index is 4.76. The molecule has 2 aromatic carbocycles. The fourth-order valence-electron chi connectivity index (χ4n) is 3.25. The van der Waals surface area contributed by atoms with Gasteiger partial charge in [-0.1, -0.05) is 54.6 Å². The molecule has 2 N–H and O–H groups in total. The highest BCUT2D eigenvalue weighted by atomic mass is 127. The number of aliphatic imine (C=N–C) groups is 1. The van der Waals surface area contributed by atoms with Gasteiger partial charge in [-0.2, -0.15) is 0 Å². The number of nitrogens with zero attached hydrogens (tertiary/aromatic N) is 3. The summed E-state index contributed by atoms with van der Waals surface area (Å²) in [4.78, 5) is 9.05. The van der Waals surface area contributed by atoms with Crippen molar-refractivity contribution < 1.29 is 0 Å². The Hall–Kier alpha value is -2.35. The van der Waals surface area contributed by atoms with Crippen LogP contribution in [-0.2, 0) is 19.5 Å². The normalized spacial score (nSPS) is 11.1. The SMILES string of the molecule is CCNC(=NCc1cccc(Cn2ccnc2C)c1)NCCCc1ccccc1.I. The Morgan fingerprint density at radius 1 is 1.00 bits per heavy atom. The van der Waals surface area contributed by atoms with Crippen molar-refractivity contribution in [2.24, 2.45) is 4.99 Å². The fraction of sp³-hybridized carbons (Fsp3) is 0.333. The van der Waals surface area contributed by atoms with E-state index in [4.69, 9.17) is 4.99 Å². The van der Waals surface area contributed by atoms with Crippen LogP contribution in [0.5, 0.6) is 0 Å². The van der Waals surface area contributed by atoms with Gasteiger partial charge >= 0.3 is 0 Å². The second-order valence-electron chi connectivity index (χ2n) is 7.13. The van der Waals surface area contributed by atoms with E-state index in [2.05, 4.69) is 81.7 Å². The van der Waals surface area contributed by atoms with E-state index in [-0.39, 0.29) is 24.0 Å². The molecular formula is C24H32IN5. The van der Waals surface area contributed by atoms with Crippen molar-refractivity contribution >= 4 is 29.9 Å². The fourth-order valence-corrected chi connectivity index (χ4v) is 3.25. The molecule has 0 saturated heterocycles. The summed E-state index contributed by atoms with van der Waals surface area (Å²) < 4.78 is 2.15. The Labute approximate surface area is 197 Å². The maximum atomic E-state index is 4.76. The molecule has 3 aromatic rings. The van der Waals surface area contributed by atoms with Crippen LogP contribution in [0.3, 0.4) is 0 Å². The molecule has 160 valence electrons. The molecule has 5 nitrogen and oxygen atoms in total. The zero-order chi connectivity index (χ0) is 20.3. The van der Waals surface area contributed by atoms with Crippen molar-refractivity contribution in [3.05, 3.63) is 89.5 Å². The van der Waals surface area contributed by atoms with Gasteiger partial charge in [0, 0.05) is 32.0 Å². The summed E-state index contributed by atoms with van der Waals surface area (Å²) in [6.07, 6.45) is 6.01. The van der Waals surface area contributed by atoms with Crippen molar-refractivity contribution in [2.45, 2.75) is 39.8 Å². The number of hydrogen-bond acceptors (Lipinski definition) is 2. The van der Waals surface area contributed by atoms with Crippen molar-refractivity contribution in [2.75, 3.05) is 13.1 Å². The van der Waals surface area contributed by atoms with Crippen LogP contribution in [-0.4, -0.2) is 28.6 Å². The summed E-state index contributed by atoms with van der Waals surface area (Å²) >= 11 is 0. The summed E-state index contributed by atoms with van der Waals surface area (Å²) in [6.45, 7) is 7.37. The largest absolute Gasteiger partial charge is 0.357 e. The van der Waals surface area contributed by atoms with Crippen molar-refractivity contribution in [3.63, 3.8) is 0 Å². The number of halogens is 1. The quantitative estimate of drug-likeness (QED) is 0.190. The minimum absolute atomic E-state index is 0. The van der Waals surface area contributed by atoms with Crippen LogP contribution < -0.4 is 10.6 Å². The number of nitrogens with one attached hydrogen (secondary N) is 2. The van der Waals surface area contributed by atoms with E-state index in [1.807, 2.05) is 19.3 Å². The van der Waals surface area contributed by atoms with Crippen LogP contribution in [0, 0.1) is 6.92 Å². The van der Waals surface area contributed by atoms with Crippen LogP contribution in [0.1, 0.15) is 35.9 Å². The number of aryl methyl sites for hydroxylation is 2. The number of aromatic nitrogens is 2. The molecule has 0 atom stereocenters. The lowest BCUT2D eigenvalue weighted by Crippen LogP contribution is -2.37. The highest BCUT2D eigenvalue weighted by molar-refractivity contribution is 14.0. The molecule has 0 radical (unpaired) electrons. The van der Waals surface area contributed by atoms with Gasteiger partial charge in [0.2, 0.25) is 0 Å². The number of hydrogen-bond donors (Lipinski definition) is 2. The first-order valence-electron chi connectivity index (χ1n) is 10.4. The average Bonchev–Trinajstić information content (AvgIpc) is 3.15. The molecule has 0 unspecified atom stereocenters. The van der Waals surface area contributed by atoms with Crippen LogP contribution in [0.15, 0.2) is 72.0 Å². The van der Waals surface area contributed by atoms with Crippen molar-refractivity contribution in [3.8, 4) is 0 Å². The molecule has 3 rings (SSSR count). The lowest BCUT2D eigenvalue weighted by Gasteiger charge is -2.12. The molecule has 30 heavy (non-hydrogen) atoms. The van der Waals surface area contributed by atoms with Gasteiger partial charge < -0.3 is 15.2 Å². The lowest BCUT2D eigenvalue weighted by molar-refractivity contribution is 0.743. The zero-order valence-electron chi connectivity index (χ0n) is 17.8. The summed E-state index contributed by atoms with van der Waals surface area (Å²) in [5, 5.41) is 6.78. The van der Waals surface area contributed by atoms with E-state index >= 15 is 0 Å². The van der Waals surface area contributed by atoms with Gasteiger partial charge in [-0.15, -0.1) is 24.0 Å². The van der Waals surface area contributed by atoms with Gasteiger partial charge in [0.1, 0.15) is 5.82 Å². The summed E-state index contributed by atoms with van der Waals surface area (Å²) in [7, 11) is 0. The molecule has 1 heterocycles. The van der Waals surface area contributed by atoms with Gasteiger partial charge in [0.25, 0.3) is 0 Å². The molecule has 0 bridgehead atoms. The lowest BCUT2D eigenvalue weighted by atomic mass is 10.1. The predicted octanol–water partition coefficient (Wildman–Crippen LogP) is 4.55. The highest BCUT2D eigenvalue weighted by Crippen LogP contribution is 2.10. The van der Waals surface area contributed by atoms with Crippen molar-refractivity contribution in [1.29, 1.82) is 0 Å². The Bertz CT molecular complexity index is 905. The Balaban J connectivity index is 0.00000320. The van der Waals surface area contributed by atoms with Gasteiger partial charge in [0.05, 0.1) is 6.54 Å². The molecule has 0 saturated carbocycles. The first kappa shape index (κ1) is 23.9. The van der Waals surface area contributed by atoms with Crippen LogP contribution in [0.4, 0.5) is 0 Å². The van der Waals surface area contributed by atoms with Crippen LogP contribution in [0.25, 0.3) is 0 Å². The van der Waals surface area contributed by atoms with Gasteiger partial charge in [-0.3, -0.25) is 0 Å². The average molecular weight is 517 g/mol. The molecule has 0 aliphatic carbocycles. The molecule has 0 spiro atoms. The number of imidazole rings is 1. The number of benzene rings is 2. The Morgan fingerprint density at radius 2 is 1.77 bits per heavy atom. The number of guanidine groups is 1.